The standard InChI is InChI=1S/C23H25N3O4/c1-26-20(25-19-12-6-5-11-18(19)23(26)29)13-14-22(28)30-16-21(27)24-15-7-10-17-8-3-2-4-9-17/h2-6,8-9,11-12H,7,10,13-16H2,1H3,(H,24,27). The molecule has 7 nitrogen and oxygen atoms in total. The summed E-state index contributed by atoms with van der Waals surface area (Å²) in [5, 5.41) is 3.28. The van der Waals surface area contributed by atoms with Gasteiger partial charge in [-0.1, -0.05) is 42.5 Å². The van der Waals surface area contributed by atoms with E-state index in [1.54, 1.807) is 25.2 Å². The summed E-state index contributed by atoms with van der Waals surface area (Å²) in [6.07, 6.45) is 1.98. The van der Waals surface area contributed by atoms with Gasteiger partial charge in [-0.2, -0.15) is 0 Å². The molecule has 0 bridgehead atoms. The van der Waals surface area contributed by atoms with E-state index in [4.69, 9.17) is 4.74 Å². The van der Waals surface area contributed by atoms with Crippen molar-refractivity contribution in [1.29, 1.82) is 0 Å². The van der Waals surface area contributed by atoms with Gasteiger partial charge < -0.3 is 10.1 Å². The Hall–Kier alpha value is -3.48. The summed E-state index contributed by atoms with van der Waals surface area (Å²) in [6, 6.07) is 17.1. The van der Waals surface area contributed by atoms with Crippen LogP contribution in [-0.2, 0) is 34.2 Å². The third kappa shape index (κ3) is 5.76. The number of benzene rings is 2. The van der Waals surface area contributed by atoms with Crippen molar-refractivity contribution in [3.63, 3.8) is 0 Å². The number of rotatable bonds is 9. The SMILES string of the molecule is Cn1c(CCC(=O)OCC(=O)NCCCc2ccccc2)nc2ccccc2c1=O. The predicted molar refractivity (Wildman–Crippen MR) is 114 cm³/mol. The summed E-state index contributed by atoms with van der Waals surface area (Å²) >= 11 is 0. The van der Waals surface area contributed by atoms with E-state index in [1.807, 2.05) is 36.4 Å². The molecule has 0 fully saturated rings. The van der Waals surface area contributed by atoms with Crippen LogP contribution in [0.5, 0.6) is 0 Å². The van der Waals surface area contributed by atoms with Crippen molar-refractivity contribution < 1.29 is 14.3 Å². The lowest BCUT2D eigenvalue weighted by Gasteiger charge is -2.09. The monoisotopic (exact) mass is 407 g/mol. The van der Waals surface area contributed by atoms with Gasteiger partial charge in [0.1, 0.15) is 5.82 Å². The molecule has 3 aromatic rings. The third-order valence-corrected chi connectivity index (χ3v) is 4.80. The van der Waals surface area contributed by atoms with Gasteiger partial charge in [0.15, 0.2) is 6.61 Å². The zero-order valence-electron chi connectivity index (χ0n) is 17.0. The van der Waals surface area contributed by atoms with E-state index in [9.17, 15) is 14.4 Å². The van der Waals surface area contributed by atoms with Crippen LogP contribution in [0.4, 0.5) is 0 Å². The molecule has 1 heterocycles. The highest BCUT2D eigenvalue weighted by atomic mass is 16.5. The third-order valence-electron chi connectivity index (χ3n) is 4.80. The van der Waals surface area contributed by atoms with Crippen molar-refractivity contribution in [2.45, 2.75) is 25.7 Å². The Labute approximate surface area is 174 Å². The summed E-state index contributed by atoms with van der Waals surface area (Å²) in [5.41, 5.74) is 1.66. The highest BCUT2D eigenvalue weighted by molar-refractivity contribution is 5.80. The molecular weight excluding hydrogens is 382 g/mol. The Balaban J connectivity index is 1.39. The van der Waals surface area contributed by atoms with Crippen molar-refractivity contribution in [1.82, 2.24) is 14.9 Å². The molecule has 0 unspecified atom stereocenters. The minimum atomic E-state index is -0.503. The normalized spacial score (nSPS) is 10.7. The molecule has 1 aromatic heterocycles. The van der Waals surface area contributed by atoms with Gasteiger partial charge in [-0.15, -0.1) is 0 Å². The van der Waals surface area contributed by atoms with Crippen molar-refractivity contribution >= 4 is 22.8 Å². The maximum absolute atomic E-state index is 12.4. The minimum Gasteiger partial charge on any atom is -0.456 e. The Morgan fingerprint density at radius 2 is 1.77 bits per heavy atom. The van der Waals surface area contributed by atoms with Crippen LogP contribution in [0.1, 0.15) is 24.2 Å². The fourth-order valence-electron chi connectivity index (χ4n) is 3.14. The average Bonchev–Trinajstić information content (AvgIpc) is 2.77. The zero-order valence-corrected chi connectivity index (χ0v) is 17.0. The number of amides is 1. The lowest BCUT2D eigenvalue weighted by molar-refractivity contribution is -0.148. The lowest BCUT2D eigenvalue weighted by Crippen LogP contribution is -2.30. The number of para-hydroxylation sites is 1. The van der Waals surface area contributed by atoms with Crippen molar-refractivity contribution in [2.75, 3.05) is 13.2 Å². The molecule has 30 heavy (non-hydrogen) atoms. The number of nitrogens with zero attached hydrogens (tertiary/aromatic N) is 2. The summed E-state index contributed by atoms with van der Waals surface area (Å²) in [5.74, 6) is -0.328. The number of hydrogen-bond acceptors (Lipinski definition) is 5. The van der Waals surface area contributed by atoms with Gasteiger partial charge in [-0.25, -0.2) is 4.98 Å². The molecule has 3 rings (SSSR count). The van der Waals surface area contributed by atoms with Crippen LogP contribution in [0.15, 0.2) is 59.4 Å². The van der Waals surface area contributed by atoms with Gasteiger partial charge in [0.2, 0.25) is 0 Å². The fourth-order valence-corrected chi connectivity index (χ4v) is 3.14. The average molecular weight is 407 g/mol. The first-order chi connectivity index (χ1) is 14.5. The molecule has 0 aliphatic rings. The van der Waals surface area contributed by atoms with Crippen LogP contribution in [-0.4, -0.2) is 34.6 Å². The largest absolute Gasteiger partial charge is 0.456 e. The number of esters is 1. The second-order valence-corrected chi connectivity index (χ2v) is 7.01. The van der Waals surface area contributed by atoms with E-state index in [2.05, 4.69) is 10.3 Å². The number of nitrogens with one attached hydrogen (secondary N) is 1. The zero-order chi connectivity index (χ0) is 21.3. The molecule has 1 amide bonds. The van der Waals surface area contributed by atoms with Gasteiger partial charge in [0.25, 0.3) is 11.5 Å². The number of ether oxygens (including phenoxy) is 1. The van der Waals surface area contributed by atoms with Gasteiger partial charge in [-0.3, -0.25) is 19.0 Å². The number of carbonyl (C=O) groups excluding carboxylic acids is 2. The molecule has 0 saturated heterocycles. The molecule has 0 radical (unpaired) electrons. The smallest absolute Gasteiger partial charge is 0.306 e. The second-order valence-electron chi connectivity index (χ2n) is 7.01. The van der Waals surface area contributed by atoms with E-state index in [0.29, 0.717) is 23.3 Å². The van der Waals surface area contributed by atoms with Gasteiger partial charge in [0.05, 0.1) is 17.3 Å². The molecule has 0 saturated carbocycles. The summed E-state index contributed by atoms with van der Waals surface area (Å²) < 4.78 is 6.47. The predicted octanol–water partition coefficient (Wildman–Crippen LogP) is 2.16. The number of carbonyl (C=O) groups is 2. The molecule has 1 N–H and O–H groups in total. The van der Waals surface area contributed by atoms with E-state index in [0.717, 1.165) is 12.8 Å². The summed E-state index contributed by atoms with van der Waals surface area (Å²) in [6.45, 7) is 0.211. The van der Waals surface area contributed by atoms with Crippen LogP contribution >= 0.6 is 0 Å². The van der Waals surface area contributed by atoms with Crippen molar-refractivity contribution in [3.8, 4) is 0 Å². The maximum Gasteiger partial charge on any atom is 0.306 e. The minimum absolute atomic E-state index is 0.0416. The van der Waals surface area contributed by atoms with Crippen LogP contribution in [0.2, 0.25) is 0 Å². The quantitative estimate of drug-likeness (QED) is 0.434. The number of aryl methyl sites for hydroxylation is 2. The Kier molecular flexibility index (Phi) is 7.32. The first kappa shape index (κ1) is 21.2. The van der Waals surface area contributed by atoms with E-state index in [1.165, 1.54) is 10.1 Å². The van der Waals surface area contributed by atoms with Crippen LogP contribution < -0.4 is 10.9 Å². The second kappa shape index (κ2) is 10.3. The van der Waals surface area contributed by atoms with E-state index >= 15 is 0 Å². The maximum atomic E-state index is 12.4. The molecule has 0 spiro atoms. The topological polar surface area (TPSA) is 90.3 Å². The van der Waals surface area contributed by atoms with E-state index < -0.39 is 5.97 Å². The Bertz CT molecular complexity index is 1080. The highest BCUT2D eigenvalue weighted by Gasteiger charge is 2.12. The Morgan fingerprint density at radius 1 is 1.03 bits per heavy atom. The number of fused-ring (bicyclic) bond motifs is 1. The van der Waals surface area contributed by atoms with Gasteiger partial charge in [0, 0.05) is 20.0 Å². The van der Waals surface area contributed by atoms with Gasteiger partial charge in [-0.05, 0) is 30.5 Å². The van der Waals surface area contributed by atoms with Crippen LogP contribution in [0, 0.1) is 0 Å². The van der Waals surface area contributed by atoms with Crippen LogP contribution in [0.3, 0.4) is 0 Å². The Morgan fingerprint density at radius 3 is 2.57 bits per heavy atom. The van der Waals surface area contributed by atoms with Crippen molar-refractivity contribution in [2.24, 2.45) is 7.05 Å². The first-order valence-electron chi connectivity index (χ1n) is 9.95. The number of aromatic nitrogens is 2. The first-order valence-corrected chi connectivity index (χ1v) is 9.95. The highest BCUT2D eigenvalue weighted by Crippen LogP contribution is 2.08. The molecule has 2 aromatic carbocycles. The lowest BCUT2D eigenvalue weighted by atomic mass is 10.1. The molecule has 0 atom stereocenters. The van der Waals surface area contributed by atoms with Crippen molar-refractivity contribution in [3.05, 3.63) is 76.3 Å². The fraction of sp³-hybridized carbons (Fsp3) is 0.304. The summed E-state index contributed by atoms with van der Waals surface area (Å²) in [7, 11) is 1.63. The van der Waals surface area contributed by atoms with Gasteiger partial charge >= 0.3 is 5.97 Å². The number of hydrogen-bond donors (Lipinski definition) is 1. The summed E-state index contributed by atoms with van der Waals surface area (Å²) in [4.78, 5) is 40.6. The molecule has 7 heteroatoms. The molecular formula is C23H25N3O4. The van der Waals surface area contributed by atoms with Crippen LogP contribution in [0.25, 0.3) is 10.9 Å². The molecule has 156 valence electrons. The van der Waals surface area contributed by atoms with E-state index in [-0.39, 0.29) is 30.9 Å². The molecule has 0 aliphatic carbocycles. The molecule has 0 aliphatic heterocycles.